The normalized spacial score (nSPS) is 11.2. The third-order valence-corrected chi connectivity index (χ3v) is 3.98. The summed E-state index contributed by atoms with van der Waals surface area (Å²) in [6.45, 7) is 0. The molecule has 94 valence electrons. The van der Waals surface area contributed by atoms with Gasteiger partial charge < -0.3 is 5.73 Å². The van der Waals surface area contributed by atoms with E-state index in [2.05, 4.69) is 4.72 Å². The average Bonchev–Trinajstić information content (AvgIpc) is 2.32. The molecule has 0 aliphatic rings. The predicted octanol–water partition coefficient (Wildman–Crippen LogP) is 2.72. The molecular weight excluding hydrogens is 272 g/mol. The van der Waals surface area contributed by atoms with Gasteiger partial charge in [-0.25, -0.2) is 8.42 Å². The summed E-state index contributed by atoms with van der Waals surface area (Å²) in [4.78, 5) is 0.0995. The van der Waals surface area contributed by atoms with Crippen molar-refractivity contribution in [1.82, 2.24) is 0 Å². The van der Waals surface area contributed by atoms with Crippen LogP contribution in [-0.2, 0) is 10.0 Å². The third-order valence-electron chi connectivity index (χ3n) is 2.29. The van der Waals surface area contributed by atoms with E-state index >= 15 is 0 Å². The van der Waals surface area contributed by atoms with Gasteiger partial charge in [0.1, 0.15) is 0 Å². The fourth-order valence-electron chi connectivity index (χ4n) is 1.43. The Morgan fingerprint density at radius 3 is 2.44 bits per heavy atom. The Bertz CT molecular complexity index is 671. The number of rotatable bonds is 3. The first-order chi connectivity index (χ1) is 8.49. The van der Waals surface area contributed by atoms with Crippen LogP contribution in [0.3, 0.4) is 0 Å². The number of hydrogen-bond acceptors (Lipinski definition) is 3. The fraction of sp³-hybridized carbons (Fsp3) is 0. The van der Waals surface area contributed by atoms with Crippen LogP contribution in [0.25, 0.3) is 0 Å². The Morgan fingerprint density at radius 1 is 1.06 bits per heavy atom. The molecule has 0 atom stereocenters. The Morgan fingerprint density at radius 2 is 1.78 bits per heavy atom. The van der Waals surface area contributed by atoms with Gasteiger partial charge in [-0.2, -0.15) is 0 Å². The highest BCUT2D eigenvalue weighted by atomic mass is 35.5. The number of halogens is 1. The highest BCUT2D eigenvalue weighted by Gasteiger charge is 2.15. The third kappa shape index (κ3) is 2.75. The number of hydrogen-bond donors (Lipinski definition) is 2. The van der Waals surface area contributed by atoms with Crippen molar-refractivity contribution in [3.63, 3.8) is 0 Å². The SMILES string of the molecule is Nc1cccc(S(=O)(=O)Nc2ccccc2Cl)c1. The monoisotopic (exact) mass is 282 g/mol. The lowest BCUT2D eigenvalue weighted by molar-refractivity contribution is 0.601. The van der Waals surface area contributed by atoms with Gasteiger partial charge in [0.15, 0.2) is 0 Å². The van der Waals surface area contributed by atoms with Gasteiger partial charge in [-0.3, -0.25) is 4.72 Å². The second kappa shape index (κ2) is 4.88. The van der Waals surface area contributed by atoms with E-state index in [-0.39, 0.29) is 4.90 Å². The number of benzene rings is 2. The summed E-state index contributed by atoms with van der Waals surface area (Å²) in [5.41, 5.74) is 6.28. The van der Waals surface area contributed by atoms with Gasteiger partial charge >= 0.3 is 0 Å². The first-order valence-electron chi connectivity index (χ1n) is 5.12. The number of anilines is 2. The first-order valence-corrected chi connectivity index (χ1v) is 6.98. The lowest BCUT2D eigenvalue weighted by Crippen LogP contribution is -2.13. The zero-order chi connectivity index (χ0) is 13.2. The molecule has 2 rings (SSSR count). The van der Waals surface area contributed by atoms with Crippen LogP contribution in [0.4, 0.5) is 11.4 Å². The molecule has 2 aromatic rings. The summed E-state index contributed by atoms with van der Waals surface area (Å²) < 4.78 is 26.6. The van der Waals surface area contributed by atoms with Crippen molar-refractivity contribution in [1.29, 1.82) is 0 Å². The van der Waals surface area contributed by atoms with E-state index in [0.29, 0.717) is 16.4 Å². The van der Waals surface area contributed by atoms with Crippen LogP contribution >= 0.6 is 11.6 Å². The number of sulfonamides is 1. The summed E-state index contributed by atoms with van der Waals surface area (Å²) in [5.74, 6) is 0. The number of para-hydroxylation sites is 1. The highest BCUT2D eigenvalue weighted by molar-refractivity contribution is 7.92. The standard InChI is InChI=1S/C12H11ClN2O2S/c13-11-6-1-2-7-12(11)15-18(16,17)10-5-3-4-9(14)8-10/h1-8,15H,14H2. The van der Waals surface area contributed by atoms with E-state index in [9.17, 15) is 8.42 Å². The molecular formula is C12H11ClN2O2S. The van der Waals surface area contributed by atoms with Crippen LogP contribution in [0.15, 0.2) is 53.4 Å². The maximum atomic E-state index is 12.1. The zero-order valence-electron chi connectivity index (χ0n) is 9.30. The molecule has 0 aliphatic heterocycles. The largest absolute Gasteiger partial charge is 0.399 e. The van der Waals surface area contributed by atoms with Crippen molar-refractivity contribution < 1.29 is 8.42 Å². The van der Waals surface area contributed by atoms with Gasteiger partial charge in [-0.05, 0) is 30.3 Å². The molecule has 4 nitrogen and oxygen atoms in total. The van der Waals surface area contributed by atoms with Gasteiger partial charge in [0.2, 0.25) is 0 Å². The molecule has 3 N–H and O–H groups in total. The maximum absolute atomic E-state index is 12.1. The molecule has 0 fully saturated rings. The van der Waals surface area contributed by atoms with Crippen molar-refractivity contribution in [2.75, 3.05) is 10.5 Å². The van der Waals surface area contributed by atoms with Gasteiger partial charge in [-0.1, -0.05) is 29.8 Å². The van der Waals surface area contributed by atoms with Gasteiger partial charge in [0.25, 0.3) is 10.0 Å². The van der Waals surface area contributed by atoms with Crippen LogP contribution in [-0.4, -0.2) is 8.42 Å². The van der Waals surface area contributed by atoms with Gasteiger partial charge in [-0.15, -0.1) is 0 Å². The lowest BCUT2D eigenvalue weighted by Gasteiger charge is -2.09. The second-order valence-electron chi connectivity index (χ2n) is 3.66. The Balaban J connectivity index is 2.37. The predicted molar refractivity (Wildman–Crippen MR) is 73.1 cm³/mol. The molecule has 0 amide bonds. The minimum Gasteiger partial charge on any atom is -0.399 e. The van der Waals surface area contributed by atoms with Crippen molar-refractivity contribution in [3.8, 4) is 0 Å². The first kappa shape index (κ1) is 12.7. The number of nitrogen functional groups attached to an aromatic ring is 1. The molecule has 2 aromatic carbocycles. The fourth-order valence-corrected chi connectivity index (χ4v) is 2.80. The lowest BCUT2D eigenvalue weighted by atomic mass is 10.3. The van der Waals surface area contributed by atoms with E-state index in [1.807, 2.05) is 0 Å². The minimum absolute atomic E-state index is 0.0995. The van der Waals surface area contributed by atoms with E-state index in [4.69, 9.17) is 17.3 Å². The minimum atomic E-state index is -3.67. The molecule has 0 saturated carbocycles. The summed E-state index contributed by atoms with van der Waals surface area (Å²) in [5, 5.41) is 0.338. The Hall–Kier alpha value is -1.72. The Labute approximate surface area is 110 Å². The van der Waals surface area contributed by atoms with Crippen LogP contribution in [0, 0.1) is 0 Å². The zero-order valence-corrected chi connectivity index (χ0v) is 10.9. The summed E-state index contributed by atoms with van der Waals surface area (Å²) in [7, 11) is -3.67. The molecule has 0 aromatic heterocycles. The quantitative estimate of drug-likeness (QED) is 0.850. The van der Waals surface area contributed by atoms with Crippen LogP contribution in [0.1, 0.15) is 0 Å². The molecule has 0 radical (unpaired) electrons. The summed E-state index contributed by atoms with van der Waals surface area (Å²) in [6, 6.07) is 12.7. The maximum Gasteiger partial charge on any atom is 0.262 e. The van der Waals surface area contributed by atoms with Crippen molar-refractivity contribution in [2.45, 2.75) is 4.90 Å². The number of nitrogens with one attached hydrogen (secondary N) is 1. The van der Waals surface area contributed by atoms with Crippen molar-refractivity contribution >= 4 is 33.0 Å². The van der Waals surface area contributed by atoms with Crippen LogP contribution in [0.2, 0.25) is 5.02 Å². The topological polar surface area (TPSA) is 72.2 Å². The smallest absolute Gasteiger partial charge is 0.262 e. The van der Waals surface area contributed by atoms with Crippen LogP contribution in [0.5, 0.6) is 0 Å². The average molecular weight is 283 g/mol. The van der Waals surface area contributed by atoms with E-state index in [1.165, 1.54) is 12.1 Å². The molecule has 0 heterocycles. The molecule has 6 heteroatoms. The molecule has 0 unspecified atom stereocenters. The Kier molecular flexibility index (Phi) is 3.45. The summed E-state index contributed by atoms with van der Waals surface area (Å²) in [6.07, 6.45) is 0. The van der Waals surface area contributed by atoms with E-state index in [1.54, 1.807) is 36.4 Å². The van der Waals surface area contributed by atoms with Crippen LogP contribution < -0.4 is 10.5 Å². The molecule has 18 heavy (non-hydrogen) atoms. The second-order valence-corrected chi connectivity index (χ2v) is 5.75. The molecule has 0 spiro atoms. The number of nitrogens with two attached hydrogens (primary N) is 1. The van der Waals surface area contributed by atoms with E-state index in [0.717, 1.165) is 0 Å². The van der Waals surface area contributed by atoms with Gasteiger partial charge in [0.05, 0.1) is 15.6 Å². The van der Waals surface area contributed by atoms with E-state index < -0.39 is 10.0 Å². The molecule has 0 saturated heterocycles. The van der Waals surface area contributed by atoms with Crippen molar-refractivity contribution in [3.05, 3.63) is 53.6 Å². The van der Waals surface area contributed by atoms with Crippen molar-refractivity contribution in [2.24, 2.45) is 0 Å². The molecule has 0 aliphatic carbocycles. The highest BCUT2D eigenvalue weighted by Crippen LogP contribution is 2.24. The summed E-state index contributed by atoms with van der Waals surface area (Å²) >= 11 is 5.90. The van der Waals surface area contributed by atoms with Gasteiger partial charge in [0, 0.05) is 5.69 Å². The molecule has 0 bridgehead atoms.